The number of hydrogen-bond donors (Lipinski definition) is 1. The summed E-state index contributed by atoms with van der Waals surface area (Å²) in [5, 5.41) is 11.7. The van der Waals surface area contributed by atoms with Gasteiger partial charge in [-0.1, -0.05) is 35.9 Å². The lowest BCUT2D eigenvalue weighted by molar-refractivity contribution is 0.322. The molecule has 17 heavy (non-hydrogen) atoms. The number of alkyl halides is 1. The molecule has 0 unspecified atom stereocenters. The van der Waals surface area contributed by atoms with Gasteiger partial charge in [-0.25, -0.2) is 0 Å². The third-order valence-corrected chi connectivity index (χ3v) is 3.02. The SMILES string of the molecule is Oc1c(Cl)cc(OCCCCl)c2ccccc12. The van der Waals surface area contributed by atoms with E-state index < -0.39 is 0 Å². The summed E-state index contributed by atoms with van der Waals surface area (Å²) in [6.07, 6.45) is 0.772. The molecule has 0 aliphatic heterocycles. The average Bonchev–Trinajstić information content (AvgIpc) is 2.36. The summed E-state index contributed by atoms with van der Waals surface area (Å²) in [5.41, 5.74) is 0. The van der Waals surface area contributed by atoms with Gasteiger partial charge >= 0.3 is 0 Å². The fourth-order valence-corrected chi connectivity index (χ4v) is 1.96. The van der Waals surface area contributed by atoms with Crippen LogP contribution in [0.4, 0.5) is 0 Å². The van der Waals surface area contributed by atoms with Crippen molar-refractivity contribution < 1.29 is 9.84 Å². The second-order valence-corrected chi connectivity index (χ2v) is 4.43. The van der Waals surface area contributed by atoms with E-state index in [1.165, 1.54) is 0 Å². The van der Waals surface area contributed by atoms with Crippen LogP contribution in [0.1, 0.15) is 6.42 Å². The van der Waals surface area contributed by atoms with E-state index in [1.807, 2.05) is 24.3 Å². The highest BCUT2D eigenvalue weighted by Gasteiger charge is 2.10. The van der Waals surface area contributed by atoms with Crippen LogP contribution in [-0.4, -0.2) is 17.6 Å². The Hall–Kier alpha value is -1.12. The Bertz CT molecular complexity index is 526. The number of aromatic hydroxyl groups is 1. The molecular formula is C13H12Cl2O2. The Balaban J connectivity index is 2.44. The van der Waals surface area contributed by atoms with Crippen molar-refractivity contribution in [2.45, 2.75) is 6.42 Å². The van der Waals surface area contributed by atoms with Crippen molar-refractivity contribution in [3.63, 3.8) is 0 Å². The molecule has 0 amide bonds. The van der Waals surface area contributed by atoms with Gasteiger partial charge in [0.15, 0.2) is 0 Å². The first-order chi connectivity index (χ1) is 8.24. The molecule has 2 nitrogen and oxygen atoms in total. The van der Waals surface area contributed by atoms with E-state index in [1.54, 1.807) is 6.07 Å². The third-order valence-electron chi connectivity index (χ3n) is 2.47. The summed E-state index contributed by atoms with van der Waals surface area (Å²) >= 11 is 11.5. The molecule has 0 aromatic heterocycles. The molecule has 0 spiro atoms. The van der Waals surface area contributed by atoms with Crippen LogP contribution >= 0.6 is 23.2 Å². The fourth-order valence-electron chi connectivity index (χ4n) is 1.65. The first-order valence-corrected chi connectivity index (χ1v) is 6.24. The molecule has 0 aliphatic rings. The van der Waals surface area contributed by atoms with Gasteiger partial charge < -0.3 is 9.84 Å². The van der Waals surface area contributed by atoms with Crippen molar-refractivity contribution in [1.82, 2.24) is 0 Å². The Morgan fingerprint density at radius 2 is 1.88 bits per heavy atom. The first kappa shape index (κ1) is 12.3. The van der Waals surface area contributed by atoms with Crippen molar-refractivity contribution in [2.75, 3.05) is 12.5 Å². The summed E-state index contributed by atoms with van der Waals surface area (Å²) in [5.74, 6) is 1.32. The first-order valence-electron chi connectivity index (χ1n) is 5.33. The number of halogens is 2. The second-order valence-electron chi connectivity index (χ2n) is 3.64. The molecule has 2 aromatic carbocycles. The van der Waals surface area contributed by atoms with E-state index in [-0.39, 0.29) is 5.75 Å². The van der Waals surface area contributed by atoms with Gasteiger partial charge in [0.2, 0.25) is 0 Å². The molecule has 4 heteroatoms. The molecule has 0 saturated heterocycles. The second kappa shape index (κ2) is 5.48. The van der Waals surface area contributed by atoms with Gasteiger partial charge in [0.05, 0.1) is 11.6 Å². The maximum atomic E-state index is 9.85. The Morgan fingerprint density at radius 3 is 2.59 bits per heavy atom. The number of benzene rings is 2. The number of phenolic OH excluding ortho intramolecular Hbond substituents is 1. The van der Waals surface area contributed by atoms with E-state index >= 15 is 0 Å². The highest BCUT2D eigenvalue weighted by atomic mass is 35.5. The zero-order valence-electron chi connectivity index (χ0n) is 9.12. The number of hydrogen-bond acceptors (Lipinski definition) is 2. The average molecular weight is 271 g/mol. The lowest BCUT2D eigenvalue weighted by atomic mass is 10.1. The summed E-state index contributed by atoms with van der Waals surface area (Å²) < 4.78 is 5.62. The minimum atomic E-state index is 0.0898. The van der Waals surface area contributed by atoms with Crippen molar-refractivity contribution in [1.29, 1.82) is 0 Å². The van der Waals surface area contributed by atoms with Gasteiger partial charge in [-0.05, 0) is 6.42 Å². The molecule has 1 N–H and O–H groups in total. The van der Waals surface area contributed by atoms with Gasteiger partial charge in [-0.15, -0.1) is 11.6 Å². The molecule has 90 valence electrons. The molecule has 2 rings (SSSR count). The smallest absolute Gasteiger partial charge is 0.142 e. The number of phenols is 1. The molecule has 0 heterocycles. The lowest BCUT2D eigenvalue weighted by Gasteiger charge is -2.11. The highest BCUT2D eigenvalue weighted by Crippen LogP contribution is 2.38. The highest BCUT2D eigenvalue weighted by molar-refractivity contribution is 6.33. The molecule has 0 saturated carbocycles. The van der Waals surface area contributed by atoms with Crippen molar-refractivity contribution in [3.05, 3.63) is 35.4 Å². The van der Waals surface area contributed by atoms with Crippen LogP contribution in [0, 0.1) is 0 Å². The van der Waals surface area contributed by atoms with Crippen LogP contribution < -0.4 is 4.74 Å². The van der Waals surface area contributed by atoms with Crippen LogP contribution in [0.2, 0.25) is 5.02 Å². The lowest BCUT2D eigenvalue weighted by Crippen LogP contribution is -1.98. The molecule has 0 aliphatic carbocycles. The molecule has 0 atom stereocenters. The maximum absolute atomic E-state index is 9.85. The fraction of sp³-hybridized carbons (Fsp3) is 0.231. The molecule has 0 bridgehead atoms. The largest absolute Gasteiger partial charge is 0.506 e. The Kier molecular flexibility index (Phi) is 3.97. The maximum Gasteiger partial charge on any atom is 0.142 e. The topological polar surface area (TPSA) is 29.5 Å². The van der Waals surface area contributed by atoms with Gasteiger partial charge in [-0.3, -0.25) is 0 Å². The Morgan fingerprint density at radius 1 is 1.18 bits per heavy atom. The summed E-state index contributed by atoms with van der Waals surface area (Å²) in [7, 11) is 0. The third kappa shape index (κ3) is 2.59. The predicted molar refractivity (Wildman–Crippen MR) is 71.5 cm³/mol. The van der Waals surface area contributed by atoms with Gasteiger partial charge in [0.25, 0.3) is 0 Å². The molecule has 2 aromatic rings. The molecule has 0 radical (unpaired) electrons. The zero-order chi connectivity index (χ0) is 12.3. The molecular weight excluding hydrogens is 259 g/mol. The van der Waals surface area contributed by atoms with E-state index in [2.05, 4.69) is 0 Å². The van der Waals surface area contributed by atoms with Gasteiger partial charge in [-0.2, -0.15) is 0 Å². The summed E-state index contributed by atoms with van der Waals surface area (Å²) in [6, 6.07) is 9.07. The Labute approximate surface area is 110 Å². The van der Waals surface area contributed by atoms with E-state index in [9.17, 15) is 5.11 Å². The predicted octanol–water partition coefficient (Wildman–Crippen LogP) is 4.21. The van der Waals surface area contributed by atoms with Crippen molar-refractivity contribution in [2.24, 2.45) is 0 Å². The number of rotatable bonds is 4. The summed E-state index contributed by atoms with van der Waals surface area (Å²) in [4.78, 5) is 0. The van der Waals surface area contributed by atoms with Crippen molar-refractivity contribution in [3.8, 4) is 11.5 Å². The van der Waals surface area contributed by atoms with Crippen LogP contribution in [0.25, 0.3) is 10.8 Å². The van der Waals surface area contributed by atoms with E-state index in [0.717, 1.165) is 11.8 Å². The number of fused-ring (bicyclic) bond motifs is 1. The van der Waals surface area contributed by atoms with Crippen LogP contribution in [0.15, 0.2) is 30.3 Å². The zero-order valence-corrected chi connectivity index (χ0v) is 10.6. The van der Waals surface area contributed by atoms with Crippen LogP contribution in [0.3, 0.4) is 0 Å². The standard InChI is InChI=1S/C13H12Cl2O2/c14-6-3-7-17-12-8-11(15)13(16)10-5-2-1-4-9(10)12/h1-2,4-5,8,16H,3,6-7H2. The van der Waals surface area contributed by atoms with Crippen LogP contribution in [-0.2, 0) is 0 Å². The quantitative estimate of drug-likeness (QED) is 0.666. The molecule has 0 fully saturated rings. The van der Waals surface area contributed by atoms with E-state index in [0.29, 0.717) is 28.6 Å². The van der Waals surface area contributed by atoms with Crippen LogP contribution in [0.5, 0.6) is 11.5 Å². The van der Waals surface area contributed by atoms with Gasteiger partial charge in [0.1, 0.15) is 11.5 Å². The van der Waals surface area contributed by atoms with Gasteiger partial charge in [0, 0.05) is 22.7 Å². The minimum Gasteiger partial charge on any atom is -0.506 e. The van der Waals surface area contributed by atoms with Crippen molar-refractivity contribution >= 4 is 34.0 Å². The monoisotopic (exact) mass is 270 g/mol. The van der Waals surface area contributed by atoms with E-state index in [4.69, 9.17) is 27.9 Å². The number of ether oxygens (including phenoxy) is 1. The normalized spacial score (nSPS) is 10.7. The summed E-state index contributed by atoms with van der Waals surface area (Å²) in [6.45, 7) is 0.536. The minimum absolute atomic E-state index is 0.0898.